The Morgan fingerprint density at radius 2 is 1.02 bits per heavy atom. The Morgan fingerprint density at radius 3 is 1.54 bits per heavy atom. The molecule has 1 unspecified atom stereocenters. The van der Waals surface area contributed by atoms with Gasteiger partial charge in [-0.2, -0.15) is 0 Å². The molecule has 0 aliphatic heterocycles. The fraction of sp³-hybridized carbons (Fsp3) is 0.700. The van der Waals surface area contributed by atoms with Crippen LogP contribution in [0.25, 0.3) is 0 Å². The molecule has 0 rings (SSSR count). The van der Waals surface area contributed by atoms with Crippen LogP contribution in [-0.4, -0.2) is 47.6 Å². The van der Waals surface area contributed by atoms with Crippen molar-refractivity contribution in [2.45, 2.75) is 161 Å². The number of carbonyl (C=O) groups excluding carboxylic acids is 2. The van der Waals surface area contributed by atoms with Crippen molar-refractivity contribution in [1.82, 2.24) is 0 Å². The van der Waals surface area contributed by atoms with Crippen LogP contribution < -0.4 is 0 Å². The van der Waals surface area contributed by atoms with E-state index in [2.05, 4.69) is 57.2 Å². The van der Waals surface area contributed by atoms with E-state index in [0.29, 0.717) is 19.3 Å². The van der Waals surface area contributed by atoms with Crippen LogP contribution in [0.4, 0.5) is 0 Å². The lowest BCUT2D eigenvalue weighted by atomic mass is 10.0. The highest BCUT2D eigenvalue weighted by Gasteiger charge is 2.12. The zero-order valence-corrected chi connectivity index (χ0v) is 29.6. The van der Waals surface area contributed by atoms with Crippen molar-refractivity contribution >= 4 is 11.9 Å². The molecule has 0 amide bonds. The minimum atomic E-state index is -1.04. The van der Waals surface area contributed by atoms with E-state index in [-0.39, 0.29) is 25.6 Å². The third-order valence-electron chi connectivity index (χ3n) is 7.55. The lowest BCUT2D eigenvalue weighted by Crippen LogP contribution is -2.25. The fourth-order valence-corrected chi connectivity index (χ4v) is 4.77. The summed E-state index contributed by atoms with van der Waals surface area (Å²) in [5, 5.41) is 20.1. The third kappa shape index (κ3) is 34.4. The molecule has 0 saturated heterocycles. The topological polar surface area (TPSA) is 93.1 Å². The Kier molecular flexibility index (Phi) is 32.1. The second-order valence-electron chi connectivity index (χ2n) is 12.6. The second kappa shape index (κ2) is 33.9. The maximum atomic E-state index is 11.9. The van der Waals surface area contributed by atoms with Crippen LogP contribution in [-0.2, 0) is 19.1 Å². The molecule has 0 aromatic rings. The van der Waals surface area contributed by atoms with E-state index in [1.54, 1.807) is 6.08 Å². The lowest BCUT2D eigenvalue weighted by molar-refractivity contribution is -0.152. The molecule has 0 aliphatic carbocycles. The number of aliphatic hydroxyl groups is 2. The van der Waals surface area contributed by atoms with Gasteiger partial charge >= 0.3 is 11.9 Å². The highest BCUT2D eigenvalue weighted by molar-refractivity contribution is 5.69. The monoisotopic (exact) mass is 645 g/mol. The standard InChI is InChI=1S/C40H68O6/c1-4-5-6-7-8-9-10-11-14-17-20-23-26-30-37(41)31-28-33-40(44)46-35-38(42)34-45-39(43)32-27-24-21-18-15-12-13-16-19-22-25-29-36(2)3/h5-6,8-9,11,14,20,23,26,30,36-38,41-42H,4,7,10,12-13,15-19,21-22,24-25,27-29,31-35H2,1-3H3/b6-5-,9-8-,14-11-,23-20-,30-26+/t37?,38-/m0/s1. The maximum Gasteiger partial charge on any atom is 0.305 e. The summed E-state index contributed by atoms with van der Waals surface area (Å²) in [6.07, 6.45) is 38.8. The van der Waals surface area contributed by atoms with Crippen LogP contribution in [0.1, 0.15) is 149 Å². The van der Waals surface area contributed by atoms with Crippen molar-refractivity contribution in [2.75, 3.05) is 13.2 Å². The van der Waals surface area contributed by atoms with Crippen LogP contribution in [0.2, 0.25) is 0 Å². The largest absolute Gasteiger partial charge is 0.463 e. The molecule has 6 heteroatoms. The number of ether oxygens (including phenoxy) is 2. The van der Waals surface area contributed by atoms with Crippen molar-refractivity contribution in [2.24, 2.45) is 5.92 Å². The Labute approximate surface area is 282 Å². The van der Waals surface area contributed by atoms with E-state index in [9.17, 15) is 19.8 Å². The van der Waals surface area contributed by atoms with E-state index in [0.717, 1.165) is 50.9 Å². The molecular formula is C40H68O6. The number of esters is 2. The predicted molar refractivity (Wildman–Crippen MR) is 192 cm³/mol. The molecule has 0 saturated carbocycles. The minimum Gasteiger partial charge on any atom is -0.463 e. The molecule has 0 fully saturated rings. The average Bonchev–Trinajstić information content (AvgIpc) is 3.03. The highest BCUT2D eigenvalue weighted by atomic mass is 16.6. The summed E-state index contributed by atoms with van der Waals surface area (Å²) in [6, 6.07) is 0. The number of aliphatic hydroxyl groups excluding tert-OH is 2. The summed E-state index contributed by atoms with van der Waals surface area (Å²) < 4.78 is 10.2. The summed E-state index contributed by atoms with van der Waals surface area (Å²) in [5.74, 6) is 0.0579. The number of hydrogen-bond acceptors (Lipinski definition) is 6. The summed E-state index contributed by atoms with van der Waals surface area (Å²) in [4.78, 5) is 23.9. The van der Waals surface area contributed by atoms with Gasteiger partial charge in [0.05, 0.1) is 6.10 Å². The number of allylic oxidation sites excluding steroid dienone is 9. The van der Waals surface area contributed by atoms with Crippen molar-refractivity contribution in [3.05, 3.63) is 60.8 Å². The first-order chi connectivity index (χ1) is 22.3. The summed E-state index contributed by atoms with van der Waals surface area (Å²) in [7, 11) is 0. The van der Waals surface area contributed by atoms with Gasteiger partial charge in [-0.25, -0.2) is 0 Å². The minimum absolute atomic E-state index is 0.153. The van der Waals surface area contributed by atoms with Gasteiger partial charge in [-0.1, -0.05) is 152 Å². The van der Waals surface area contributed by atoms with Crippen LogP contribution in [0, 0.1) is 5.92 Å². The van der Waals surface area contributed by atoms with E-state index in [4.69, 9.17) is 9.47 Å². The smallest absolute Gasteiger partial charge is 0.305 e. The van der Waals surface area contributed by atoms with Crippen LogP contribution in [0.5, 0.6) is 0 Å². The Bertz CT molecular complexity index is 854. The van der Waals surface area contributed by atoms with Crippen LogP contribution in [0.15, 0.2) is 60.8 Å². The van der Waals surface area contributed by atoms with Gasteiger partial charge in [0.1, 0.15) is 19.3 Å². The van der Waals surface area contributed by atoms with Gasteiger partial charge < -0.3 is 19.7 Å². The van der Waals surface area contributed by atoms with E-state index >= 15 is 0 Å². The third-order valence-corrected chi connectivity index (χ3v) is 7.55. The summed E-state index contributed by atoms with van der Waals surface area (Å²) in [6.45, 7) is 6.33. The van der Waals surface area contributed by atoms with Crippen molar-refractivity contribution in [1.29, 1.82) is 0 Å². The van der Waals surface area contributed by atoms with Gasteiger partial charge in [0.2, 0.25) is 0 Å². The number of hydrogen-bond donors (Lipinski definition) is 2. The maximum absolute atomic E-state index is 11.9. The number of carbonyl (C=O) groups is 2. The molecule has 6 nitrogen and oxygen atoms in total. The van der Waals surface area contributed by atoms with Crippen molar-refractivity contribution < 1.29 is 29.3 Å². The normalized spacial score (nSPS) is 13.7. The Morgan fingerprint density at radius 1 is 0.565 bits per heavy atom. The molecule has 46 heavy (non-hydrogen) atoms. The molecule has 264 valence electrons. The van der Waals surface area contributed by atoms with Gasteiger partial charge in [0.25, 0.3) is 0 Å². The molecule has 2 N–H and O–H groups in total. The average molecular weight is 645 g/mol. The van der Waals surface area contributed by atoms with Crippen LogP contribution in [0.3, 0.4) is 0 Å². The quantitative estimate of drug-likeness (QED) is 0.0338. The summed E-state index contributed by atoms with van der Waals surface area (Å²) in [5.41, 5.74) is 0. The van der Waals surface area contributed by atoms with E-state index in [1.165, 1.54) is 57.8 Å². The van der Waals surface area contributed by atoms with Gasteiger partial charge in [-0.15, -0.1) is 0 Å². The highest BCUT2D eigenvalue weighted by Crippen LogP contribution is 2.14. The first-order valence-electron chi connectivity index (χ1n) is 18.3. The zero-order chi connectivity index (χ0) is 33.9. The predicted octanol–water partition coefficient (Wildman–Crippen LogP) is 10.1. The number of unbranched alkanes of at least 4 members (excludes halogenated alkanes) is 10. The first-order valence-corrected chi connectivity index (χ1v) is 18.3. The Balaban J connectivity index is 3.67. The SMILES string of the molecule is CC/C=C\C/C=C\C/C=C\C/C=C\C=C\C(O)CCCC(=O)OC[C@@H](O)COC(=O)CCCCCCCCCCCCCC(C)C. The zero-order valence-electron chi connectivity index (χ0n) is 29.6. The fourth-order valence-electron chi connectivity index (χ4n) is 4.77. The molecule has 0 spiro atoms. The second-order valence-corrected chi connectivity index (χ2v) is 12.6. The molecule has 2 atom stereocenters. The van der Waals surface area contributed by atoms with Crippen molar-refractivity contribution in [3.8, 4) is 0 Å². The summed E-state index contributed by atoms with van der Waals surface area (Å²) >= 11 is 0. The van der Waals surface area contributed by atoms with Crippen LogP contribution >= 0.6 is 0 Å². The van der Waals surface area contributed by atoms with Gasteiger partial charge in [-0.3, -0.25) is 9.59 Å². The molecule has 0 aliphatic rings. The molecule has 0 bridgehead atoms. The number of rotatable bonds is 31. The van der Waals surface area contributed by atoms with E-state index < -0.39 is 18.2 Å². The van der Waals surface area contributed by atoms with Gasteiger partial charge in [0, 0.05) is 12.8 Å². The molecular weight excluding hydrogens is 576 g/mol. The lowest BCUT2D eigenvalue weighted by Gasteiger charge is -2.12. The van der Waals surface area contributed by atoms with E-state index in [1.807, 2.05) is 18.2 Å². The molecule has 0 heterocycles. The van der Waals surface area contributed by atoms with Gasteiger partial charge in [-0.05, 0) is 50.9 Å². The molecule has 0 aromatic carbocycles. The molecule has 0 radical (unpaired) electrons. The molecule has 0 aromatic heterocycles. The van der Waals surface area contributed by atoms with Crippen molar-refractivity contribution in [3.63, 3.8) is 0 Å². The first kappa shape index (κ1) is 43.6. The Hall–Kier alpha value is -2.44. The van der Waals surface area contributed by atoms with Gasteiger partial charge in [0.15, 0.2) is 0 Å².